The molecular formula is C9H8ClN3OS. The van der Waals surface area contributed by atoms with Gasteiger partial charge in [-0.2, -0.15) is 0 Å². The van der Waals surface area contributed by atoms with Crippen LogP contribution in [0.25, 0.3) is 0 Å². The first kappa shape index (κ1) is 10.3. The molecule has 0 bridgehead atoms. The molecule has 0 radical (unpaired) electrons. The van der Waals surface area contributed by atoms with Crippen molar-refractivity contribution in [2.24, 2.45) is 0 Å². The molecule has 0 spiro atoms. The Hall–Kier alpha value is -1.20. The third kappa shape index (κ3) is 2.24. The van der Waals surface area contributed by atoms with E-state index in [-0.39, 0.29) is 10.7 Å². The molecule has 0 aliphatic rings. The highest BCUT2D eigenvalue weighted by Gasteiger charge is 2.05. The van der Waals surface area contributed by atoms with Crippen LogP contribution in [0.3, 0.4) is 0 Å². The summed E-state index contributed by atoms with van der Waals surface area (Å²) >= 11 is 7.17. The van der Waals surface area contributed by atoms with Gasteiger partial charge in [0.2, 0.25) is 0 Å². The lowest BCUT2D eigenvalue weighted by atomic mass is 10.5. The lowest BCUT2D eigenvalue weighted by Crippen LogP contribution is -2.23. The topological polar surface area (TPSA) is 47.8 Å². The van der Waals surface area contributed by atoms with Crippen LogP contribution in [0, 0.1) is 6.92 Å². The van der Waals surface area contributed by atoms with Gasteiger partial charge in [0.05, 0.1) is 6.54 Å². The molecule has 2 aromatic rings. The van der Waals surface area contributed by atoms with Crippen LogP contribution in [-0.4, -0.2) is 14.5 Å². The standard InChI is InChI=1S/C9H8ClN3OS/c1-6-12-7(10)4-9(14)13(6)5-8-11-2-3-15-8/h2-4H,5H2,1H3. The smallest absolute Gasteiger partial charge is 0.255 e. The first-order valence-corrected chi connectivity index (χ1v) is 5.55. The minimum Gasteiger partial charge on any atom is -0.290 e. The summed E-state index contributed by atoms with van der Waals surface area (Å²) in [7, 11) is 0. The fourth-order valence-corrected chi connectivity index (χ4v) is 2.06. The van der Waals surface area contributed by atoms with Crippen molar-refractivity contribution in [1.29, 1.82) is 0 Å². The molecular weight excluding hydrogens is 234 g/mol. The van der Waals surface area contributed by atoms with E-state index in [0.717, 1.165) is 5.01 Å². The van der Waals surface area contributed by atoms with Gasteiger partial charge in [0.25, 0.3) is 5.56 Å². The minimum absolute atomic E-state index is 0.150. The van der Waals surface area contributed by atoms with Gasteiger partial charge in [0, 0.05) is 17.6 Å². The molecule has 0 N–H and O–H groups in total. The Labute approximate surface area is 95.2 Å². The van der Waals surface area contributed by atoms with Crippen molar-refractivity contribution in [1.82, 2.24) is 14.5 Å². The average molecular weight is 242 g/mol. The lowest BCUT2D eigenvalue weighted by molar-refractivity contribution is 0.697. The molecule has 0 atom stereocenters. The van der Waals surface area contributed by atoms with Crippen molar-refractivity contribution in [3.63, 3.8) is 0 Å². The van der Waals surface area contributed by atoms with Crippen LogP contribution in [0.1, 0.15) is 10.8 Å². The van der Waals surface area contributed by atoms with Crippen LogP contribution in [0.5, 0.6) is 0 Å². The van der Waals surface area contributed by atoms with Crippen LogP contribution in [0.15, 0.2) is 22.4 Å². The van der Waals surface area contributed by atoms with E-state index in [4.69, 9.17) is 11.6 Å². The van der Waals surface area contributed by atoms with Gasteiger partial charge in [-0.05, 0) is 6.92 Å². The largest absolute Gasteiger partial charge is 0.290 e. The maximum atomic E-state index is 11.6. The van der Waals surface area contributed by atoms with Crippen molar-refractivity contribution in [3.8, 4) is 0 Å². The third-order valence-corrected chi connectivity index (χ3v) is 2.90. The van der Waals surface area contributed by atoms with Crippen molar-refractivity contribution >= 4 is 22.9 Å². The monoisotopic (exact) mass is 241 g/mol. The van der Waals surface area contributed by atoms with Crippen LogP contribution >= 0.6 is 22.9 Å². The number of nitrogens with zero attached hydrogens (tertiary/aromatic N) is 3. The Balaban J connectivity index is 2.41. The van der Waals surface area contributed by atoms with Gasteiger partial charge >= 0.3 is 0 Å². The SMILES string of the molecule is Cc1nc(Cl)cc(=O)n1Cc1nccs1. The van der Waals surface area contributed by atoms with E-state index in [2.05, 4.69) is 9.97 Å². The predicted octanol–water partition coefficient (Wildman–Crippen LogP) is 1.71. The van der Waals surface area contributed by atoms with Crippen LogP contribution in [0.4, 0.5) is 0 Å². The van der Waals surface area contributed by atoms with Gasteiger partial charge in [-0.25, -0.2) is 9.97 Å². The second-order valence-electron chi connectivity index (χ2n) is 2.98. The van der Waals surface area contributed by atoms with Crippen molar-refractivity contribution < 1.29 is 0 Å². The number of thiazole rings is 1. The van der Waals surface area contributed by atoms with Crippen molar-refractivity contribution in [2.75, 3.05) is 0 Å². The Bertz CT molecular complexity index is 521. The Morgan fingerprint density at radius 1 is 1.60 bits per heavy atom. The number of aromatic nitrogens is 3. The number of hydrogen-bond acceptors (Lipinski definition) is 4. The highest BCUT2D eigenvalue weighted by molar-refractivity contribution is 7.09. The quantitative estimate of drug-likeness (QED) is 0.752. The first-order valence-electron chi connectivity index (χ1n) is 4.29. The maximum Gasteiger partial charge on any atom is 0.255 e. The number of halogens is 1. The minimum atomic E-state index is -0.150. The summed E-state index contributed by atoms with van der Waals surface area (Å²) in [6.07, 6.45) is 1.71. The number of rotatable bonds is 2. The fraction of sp³-hybridized carbons (Fsp3) is 0.222. The first-order chi connectivity index (χ1) is 7.16. The zero-order valence-electron chi connectivity index (χ0n) is 7.98. The summed E-state index contributed by atoms with van der Waals surface area (Å²) in [6, 6.07) is 1.31. The second kappa shape index (κ2) is 4.12. The van der Waals surface area contributed by atoms with Gasteiger partial charge in [-0.3, -0.25) is 9.36 Å². The lowest BCUT2D eigenvalue weighted by Gasteiger charge is -2.06. The molecule has 6 heteroatoms. The van der Waals surface area contributed by atoms with E-state index >= 15 is 0 Å². The Morgan fingerprint density at radius 2 is 2.40 bits per heavy atom. The van der Waals surface area contributed by atoms with Crippen LogP contribution in [0.2, 0.25) is 5.15 Å². The van der Waals surface area contributed by atoms with E-state index < -0.39 is 0 Å². The van der Waals surface area contributed by atoms with E-state index in [1.807, 2.05) is 5.38 Å². The molecule has 0 amide bonds. The van der Waals surface area contributed by atoms with Gasteiger partial charge in [-0.15, -0.1) is 11.3 Å². The summed E-state index contributed by atoms with van der Waals surface area (Å²) in [5.74, 6) is 0.600. The van der Waals surface area contributed by atoms with Crippen LogP contribution in [-0.2, 0) is 6.54 Å². The summed E-state index contributed by atoms with van der Waals surface area (Å²) in [5.41, 5.74) is -0.150. The van der Waals surface area contributed by atoms with E-state index in [1.165, 1.54) is 17.4 Å². The summed E-state index contributed by atoms with van der Waals surface area (Å²) in [5, 5.41) is 2.98. The molecule has 2 rings (SSSR count). The molecule has 15 heavy (non-hydrogen) atoms. The second-order valence-corrected chi connectivity index (χ2v) is 4.34. The predicted molar refractivity (Wildman–Crippen MR) is 59.5 cm³/mol. The summed E-state index contributed by atoms with van der Waals surface area (Å²) < 4.78 is 1.55. The molecule has 0 aliphatic carbocycles. The zero-order valence-corrected chi connectivity index (χ0v) is 9.55. The average Bonchev–Trinajstić information content (AvgIpc) is 2.63. The zero-order chi connectivity index (χ0) is 10.8. The van der Waals surface area contributed by atoms with E-state index in [9.17, 15) is 4.79 Å². The molecule has 0 saturated carbocycles. The molecule has 0 unspecified atom stereocenters. The molecule has 0 aliphatic heterocycles. The van der Waals surface area contributed by atoms with Crippen molar-refractivity contribution in [2.45, 2.75) is 13.5 Å². The Kier molecular flexibility index (Phi) is 2.83. The molecule has 78 valence electrons. The maximum absolute atomic E-state index is 11.6. The molecule has 4 nitrogen and oxygen atoms in total. The van der Waals surface area contributed by atoms with Gasteiger partial charge in [-0.1, -0.05) is 11.6 Å². The third-order valence-electron chi connectivity index (χ3n) is 1.94. The van der Waals surface area contributed by atoms with E-state index in [0.29, 0.717) is 12.4 Å². The molecule has 0 saturated heterocycles. The summed E-state index contributed by atoms with van der Waals surface area (Å²) in [6.45, 7) is 2.20. The van der Waals surface area contributed by atoms with Crippen LogP contribution < -0.4 is 5.56 Å². The number of hydrogen-bond donors (Lipinski definition) is 0. The van der Waals surface area contributed by atoms with Gasteiger partial charge in [0.15, 0.2) is 0 Å². The normalized spacial score (nSPS) is 10.5. The van der Waals surface area contributed by atoms with Gasteiger partial charge in [0.1, 0.15) is 16.0 Å². The molecule has 0 fully saturated rings. The molecule has 2 aromatic heterocycles. The molecule has 2 heterocycles. The van der Waals surface area contributed by atoms with Gasteiger partial charge < -0.3 is 0 Å². The number of aryl methyl sites for hydroxylation is 1. The fourth-order valence-electron chi connectivity index (χ4n) is 1.25. The summed E-state index contributed by atoms with van der Waals surface area (Å²) in [4.78, 5) is 19.7. The molecule has 0 aromatic carbocycles. The Morgan fingerprint density at radius 3 is 3.00 bits per heavy atom. The van der Waals surface area contributed by atoms with E-state index in [1.54, 1.807) is 17.7 Å². The highest BCUT2D eigenvalue weighted by atomic mass is 35.5. The van der Waals surface area contributed by atoms with Crippen molar-refractivity contribution in [3.05, 3.63) is 44.0 Å². The highest BCUT2D eigenvalue weighted by Crippen LogP contribution is 2.07.